The summed E-state index contributed by atoms with van der Waals surface area (Å²) >= 11 is 0. The van der Waals surface area contributed by atoms with Crippen LogP contribution in [0.25, 0.3) is 11.3 Å². The zero-order chi connectivity index (χ0) is 14.7. The first-order chi connectivity index (χ1) is 9.51. The van der Waals surface area contributed by atoms with Crippen LogP contribution in [0, 0.1) is 13.8 Å². The van der Waals surface area contributed by atoms with Gasteiger partial charge in [0.2, 0.25) is 0 Å². The van der Waals surface area contributed by atoms with Gasteiger partial charge < -0.3 is 14.8 Å². The molecule has 0 aliphatic heterocycles. The van der Waals surface area contributed by atoms with Crippen LogP contribution in [0.4, 0.5) is 0 Å². The van der Waals surface area contributed by atoms with Crippen molar-refractivity contribution < 1.29 is 14.3 Å². The Morgan fingerprint density at radius 1 is 1.30 bits per heavy atom. The maximum absolute atomic E-state index is 11.9. The molecule has 1 aromatic carbocycles. The van der Waals surface area contributed by atoms with E-state index >= 15 is 0 Å². The van der Waals surface area contributed by atoms with Gasteiger partial charge in [0.15, 0.2) is 5.76 Å². The number of carbonyl (C=O) groups is 1. The highest BCUT2D eigenvalue weighted by atomic mass is 16.4. The molecular weight excluding hydrogens is 254 g/mol. The Morgan fingerprint density at radius 2 is 2.05 bits per heavy atom. The summed E-state index contributed by atoms with van der Waals surface area (Å²) in [5, 5.41) is 11.6. The van der Waals surface area contributed by atoms with Crippen molar-refractivity contribution in [3.8, 4) is 11.3 Å². The molecule has 20 heavy (non-hydrogen) atoms. The van der Waals surface area contributed by atoms with Crippen molar-refractivity contribution in [3.63, 3.8) is 0 Å². The molecule has 0 aliphatic rings. The first kappa shape index (κ1) is 14.3. The summed E-state index contributed by atoms with van der Waals surface area (Å²) in [5.41, 5.74) is 3.22. The molecule has 0 bridgehead atoms. The summed E-state index contributed by atoms with van der Waals surface area (Å²) in [7, 11) is 0. The van der Waals surface area contributed by atoms with E-state index in [9.17, 15) is 4.79 Å². The van der Waals surface area contributed by atoms with Gasteiger partial charge in [0.25, 0.3) is 5.91 Å². The van der Waals surface area contributed by atoms with Gasteiger partial charge in [-0.2, -0.15) is 0 Å². The van der Waals surface area contributed by atoms with E-state index < -0.39 is 0 Å². The first-order valence-electron chi connectivity index (χ1n) is 6.60. The number of carbonyl (C=O) groups excluding carboxylic acids is 1. The Balaban J connectivity index is 2.24. The fourth-order valence-corrected chi connectivity index (χ4v) is 1.95. The molecule has 0 spiro atoms. The fraction of sp³-hybridized carbons (Fsp3) is 0.312. The monoisotopic (exact) mass is 273 g/mol. The van der Waals surface area contributed by atoms with E-state index in [1.54, 1.807) is 19.1 Å². The summed E-state index contributed by atoms with van der Waals surface area (Å²) in [6.07, 6.45) is 0. The van der Waals surface area contributed by atoms with Crippen LogP contribution in [-0.4, -0.2) is 23.7 Å². The summed E-state index contributed by atoms with van der Waals surface area (Å²) in [6, 6.07) is 9.25. The van der Waals surface area contributed by atoms with Crippen molar-refractivity contribution in [2.45, 2.75) is 26.8 Å². The van der Waals surface area contributed by atoms with E-state index in [0.29, 0.717) is 5.76 Å². The second-order valence-corrected chi connectivity index (χ2v) is 5.04. The number of aryl methyl sites for hydroxylation is 2. The van der Waals surface area contributed by atoms with Gasteiger partial charge in [-0.25, -0.2) is 0 Å². The molecule has 4 heteroatoms. The second-order valence-electron chi connectivity index (χ2n) is 5.04. The second kappa shape index (κ2) is 5.92. The minimum absolute atomic E-state index is 0.101. The molecule has 0 radical (unpaired) electrons. The van der Waals surface area contributed by atoms with Crippen molar-refractivity contribution in [1.29, 1.82) is 0 Å². The van der Waals surface area contributed by atoms with Gasteiger partial charge >= 0.3 is 0 Å². The predicted octanol–water partition coefficient (Wildman–Crippen LogP) is 2.67. The van der Waals surface area contributed by atoms with Crippen LogP contribution in [0.1, 0.15) is 28.6 Å². The first-order valence-corrected chi connectivity index (χ1v) is 6.60. The van der Waals surface area contributed by atoms with Crippen LogP contribution in [0.3, 0.4) is 0 Å². The smallest absolute Gasteiger partial charge is 0.287 e. The van der Waals surface area contributed by atoms with Gasteiger partial charge in [-0.1, -0.05) is 17.7 Å². The number of nitrogens with one attached hydrogen (secondary N) is 1. The van der Waals surface area contributed by atoms with Crippen LogP contribution in [-0.2, 0) is 0 Å². The van der Waals surface area contributed by atoms with E-state index in [2.05, 4.69) is 5.32 Å². The number of hydrogen-bond acceptors (Lipinski definition) is 3. The largest absolute Gasteiger partial charge is 0.451 e. The van der Waals surface area contributed by atoms with Crippen LogP contribution in [0.5, 0.6) is 0 Å². The van der Waals surface area contributed by atoms with Crippen molar-refractivity contribution in [2.75, 3.05) is 6.61 Å². The van der Waals surface area contributed by atoms with Crippen molar-refractivity contribution >= 4 is 5.91 Å². The quantitative estimate of drug-likeness (QED) is 0.900. The van der Waals surface area contributed by atoms with E-state index in [1.165, 1.54) is 0 Å². The Hall–Kier alpha value is -2.07. The van der Waals surface area contributed by atoms with Gasteiger partial charge in [0.1, 0.15) is 5.76 Å². The molecule has 1 atom stereocenters. The molecule has 106 valence electrons. The van der Waals surface area contributed by atoms with Crippen LogP contribution < -0.4 is 5.32 Å². The van der Waals surface area contributed by atoms with Crippen LogP contribution in [0.2, 0.25) is 0 Å². The van der Waals surface area contributed by atoms with Crippen LogP contribution >= 0.6 is 0 Å². The van der Waals surface area contributed by atoms with Gasteiger partial charge in [-0.05, 0) is 44.5 Å². The molecule has 2 rings (SSSR count). The lowest BCUT2D eigenvalue weighted by Crippen LogP contribution is -2.34. The van der Waals surface area contributed by atoms with E-state index in [-0.39, 0.29) is 24.3 Å². The molecule has 0 saturated carbocycles. The number of furan rings is 1. The number of aliphatic hydroxyl groups excluding tert-OH is 1. The maximum atomic E-state index is 11.9. The van der Waals surface area contributed by atoms with E-state index in [4.69, 9.17) is 9.52 Å². The molecule has 1 unspecified atom stereocenters. The Morgan fingerprint density at radius 3 is 2.75 bits per heavy atom. The molecule has 1 amide bonds. The van der Waals surface area contributed by atoms with Crippen molar-refractivity contribution in [2.24, 2.45) is 0 Å². The number of amides is 1. The number of rotatable bonds is 4. The minimum Gasteiger partial charge on any atom is -0.451 e. The Labute approximate surface area is 118 Å². The lowest BCUT2D eigenvalue weighted by atomic mass is 10.0. The Kier molecular flexibility index (Phi) is 4.25. The minimum atomic E-state index is -0.317. The normalized spacial score (nSPS) is 12.2. The summed E-state index contributed by atoms with van der Waals surface area (Å²) in [4.78, 5) is 11.9. The molecule has 2 N–H and O–H groups in total. The zero-order valence-corrected chi connectivity index (χ0v) is 11.9. The lowest BCUT2D eigenvalue weighted by Gasteiger charge is -2.08. The SMILES string of the molecule is Cc1ccc(C)c(-c2ccc(C(=O)NC(C)CO)o2)c1. The molecule has 1 aromatic heterocycles. The number of hydrogen-bond donors (Lipinski definition) is 2. The molecule has 1 heterocycles. The third-order valence-electron chi connectivity index (χ3n) is 3.14. The average Bonchev–Trinajstić information content (AvgIpc) is 2.91. The molecule has 2 aromatic rings. The molecule has 4 nitrogen and oxygen atoms in total. The van der Waals surface area contributed by atoms with Gasteiger partial charge in [0.05, 0.1) is 6.61 Å². The number of aliphatic hydroxyl groups is 1. The van der Waals surface area contributed by atoms with E-state index in [1.807, 2.05) is 32.0 Å². The van der Waals surface area contributed by atoms with Crippen molar-refractivity contribution in [3.05, 3.63) is 47.2 Å². The van der Waals surface area contributed by atoms with Gasteiger partial charge in [-0.15, -0.1) is 0 Å². The maximum Gasteiger partial charge on any atom is 0.287 e. The summed E-state index contributed by atoms with van der Waals surface area (Å²) in [6.45, 7) is 5.65. The highest BCUT2D eigenvalue weighted by molar-refractivity contribution is 5.92. The molecular formula is C16H19NO3. The highest BCUT2D eigenvalue weighted by Gasteiger charge is 2.15. The fourth-order valence-electron chi connectivity index (χ4n) is 1.95. The third kappa shape index (κ3) is 3.08. The topological polar surface area (TPSA) is 62.5 Å². The predicted molar refractivity (Wildman–Crippen MR) is 77.6 cm³/mol. The van der Waals surface area contributed by atoms with Crippen molar-refractivity contribution in [1.82, 2.24) is 5.32 Å². The number of benzene rings is 1. The summed E-state index contributed by atoms with van der Waals surface area (Å²) < 4.78 is 5.62. The molecule has 0 fully saturated rings. The standard InChI is InChI=1S/C16H19NO3/c1-10-4-5-11(2)13(8-10)14-6-7-15(20-14)16(19)17-12(3)9-18/h4-8,12,18H,9H2,1-3H3,(H,17,19). The van der Waals surface area contributed by atoms with Gasteiger partial charge in [-0.3, -0.25) is 4.79 Å². The average molecular weight is 273 g/mol. The van der Waals surface area contributed by atoms with Gasteiger partial charge in [0, 0.05) is 11.6 Å². The third-order valence-corrected chi connectivity index (χ3v) is 3.14. The summed E-state index contributed by atoms with van der Waals surface area (Å²) in [5.74, 6) is 0.609. The molecule has 0 saturated heterocycles. The molecule has 0 aliphatic carbocycles. The van der Waals surface area contributed by atoms with E-state index in [0.717, 1.165) is 16.7 Å². The lowest BCUT2D eigenvalue weighted by molar-refractivity contribution is 0.0895. The Bertz CT molecular complexity index is 616. The zero-order valence-electron chi connectivity index (χ0n) is 11.9. The highest BCUT2D eigenvalue weighted by Crippen LogP contribution is 2.26. The van der Waals surface area contributed by atoms with Crippen LogP contribution in [0.15, 0.2) is 34.7 Å².